The highest BCUT2D eigenvalue weighted by molar-refractivity contribution is 7.73. The largest absolute Gasteiger partial charge is 0.370 e. The fraction of sp³-hybridized carbons (Fsp3) is 0. The van der Waals surface area contributed by atoms with Crippen LogP contribution in [-0.2, 0) is 0 Å². The summed E-state index contributed by atoms with van der Waals surface area (Å²) < 4.78 is 1.73. The summed E-state index contributed by atoms with van der Waals surface area (Å²) in [4.78, 5) is 10.8. The SMILES string of the molecule is NC(N)=NC(N)=Nc1ccc2[nH]c(=S)sc2c1. The van der Waals surface area contributed by atoms with Crippen molar-refractivity contribution >= 4 is 51.4 Å². The molecule has 0 radical (unpaired) electrons. The Bertz CT molecular complexity index is 661. The van der Waals surface area contributed by atoms with E-state index in [2.05, 4.69) is 15.0 Å². The maximum atomic E-state index is 5.53. The Morgan fingerprint density at radius 3 is 2.76 bits per heavy atom. The number of fused-ring (bicyclic) bond motifs is 1. The number of aromatic nitrogens is 1. The zero-order valence-electron chi connectivity index (χ0n) is 8.68. The van der Waals surface area contributed by atoms with Crippen LogP contribution in [0.5, 0.6) is 0 Å². The van der Waals surface area contributed by atoms with E-state index in [1.54, 1.807) is 6.07 Å². The van der Waals surface area contributed by atoms with E-state index >= 15 is 0 Å². The van der Waals surface area contributed by atoms with Gasteiger partial charge in [0.2, 0.25) is 5.96 Å². The molecule has 0 unspecified atom stereocenters. The van der Waals surface area contributed by atoms with E-state index in [1.165, 1.54) is 11.3 Å². The molecule has 0 saturated heterocycles. The first-order valence-corrected chi connectivity index (χ1v) is 5.84. The van der Waals surface area contributed by atoms with Gasteiger partial charge in [-0.25, -0.2) is 4.99 Å². The minimum Gasteiger partial charge on any atom is -0.370 e. The first-order chi connectivity index (χ1) is 8.04. The van der Waals surface area contributed by atoms with Gasteiger partial charge in [-0.15, -0.1) is 11.3 Å². The van der Waals surface area contributed by atoms with Crippen molar-refractivity contribution in [1.82, 2.24) is 4.98 Å². The molecule has 0 aliphatic heterocycles. The smallest absolute Gasteiger partial charge is 0.223 e. The molecule has 7 N–H and O–H groups in total. The molecule has 0 bridgehead atoms. The molecule has 1 aromatic carbocycles. The topological polar surface area (TPSA) is 119 Å². The van der Waals surface area contributed by atoms with Gasteiger partial charge in [-0.2, -0.15) is 4.99 Å². The highest BCUT2D eigenvalue weighted by Gasteiger charge is 1.99. The fourth-order valence-electron chi connectivity index (χ4n) is 1.29. The molecule has 6 nitrogen and oxygen atoms in total. The number of benzene rings is 1. The van der Waals surface area contributed by atoms with Crippen LogP contribution in [-0.4, -0.2) is 16.9 Å². The molecule has 0 aliphatic rings. The molecular formula is C9H10N6S2. The summed E-state index contributed by atoms with van der Waals surface area (Å²) in [5, 5.41) is 0. The number of aliphatic imine (C=N–C) groups is 2. The van der Waals surface area contributed by atoms with Crippen LogP contribution in [0.1, 0.15) is 0 Å². The Balaban J connectivity index is 2.43. The Morgan fingerprint density at radius 1 is 1.29 bits per heavy atom. The second-order valence-electron chi connectivity index (χ2n) is 3.20. The number of H-pyrrole nitrogens is 1. The first-order valence-electron chi connectivity index (χ1n) is 4.61. The van der Waals surface area contributed by atoms with Gasteiger partial charge in [0.15, 0.2) is 9.91 Å². The monoisotopic (exact) mass is 266 g/mol. The van der Waals surface area contributed by atoms with Crippen LogP contribution in [0.25, 0.3) is 10.2 Å². The fourth-order valence-corrected chi connectivity index (χ4v) is 2.44. The normalized spacial score (nSPS) is 11.6. The molecule has 0 fully saturated rings. The number of nitrogens with zero attached hydrogens (tertiary/aromatic N) is 2. The lowest BCUT2D eigenvalue weighted by Gasteiger charge is -1.96. The Labute approximate surface area is 106 Å². The van der Waals surface area contributed by atoms with E-state index < -0.39 is 0 Å². The summed E-state index contributed by atoms with van der Waals surface area (Å²) in [6.07, 6.45) is 0. The van der Waals surface area contributed by atoms with Crippen LogP contribution in [0.4, 0.5) is 5.69 Å². The van der Waals surface area contributed by atoms with Crippen LogP contribution < -0.4 is 17.2 Å². The lowest BCUT2D eigenvalue weighted by atomic mass is 10.3. The van der Waals surface area contributed by atoms with Crippen molar-refractivity contribution in [2.24, 2.45) is 27.2 Å². The van der Waals surface area contributed by atoms with Gasteiger partial charge in [0, 0.05) is 0 Å². The Morgan fingerprint density at radius 2 is 2.06 bits per heavy atom. The van der Waals surface area contributed by atoms with Gasteiger partial charge in [-0.1, -0.05) is 0 Å². The van der Waals surface area contributed by atoms with E-state index in [0.29, 0.717) is 5.69 Å². The van der Waals surface area contributed by atoms with Gasteiger partial charge < -0.3 is 22.2 Å². The second kappa shape index (κ2) is 4.52. The Hall–Kier alpha value is -1.93. The van der Waals surface area contributed by atoms with Crippen molar-refractivity contribution in [1.29, 1.82) is 0 Å². The summed E-state index contributed by atoms with van der Waals surface area (Å²) in [5.74, 6) is -0.104. The predicted molar refractivity (Wildman–Crippen MR) is 74.1 cm³/mol. The van der Waals surface area contributed by atoms with Gasteiger partial charge in [-0.05, 0) is 30.4 Å². The summed E-state index contributed by atoms with van der Waals surface area (Å²) in [6.45, 7) is 0. The Kier molecular flexibility index (Phi) is 3.07. The molecule has 0 spiro atoms. The van der Waals surface area contributed by atoms with Gasteiger partial charge in [0.1, 0.15) is 0 Å². The van der Waals surface area contributed by atoms with Gasteiger partial charge in [0.05, 0.1) is 15.9 Å². The molecule has 1 heterocycles. The number of nitrogens with two attached hydrogens (primary N) is 3. The molecule has 88 valence electrons. The summed E-state index contributed by atoms with van der Waals surface area (Å²) in [5.41, 5.74) is 17.6. The van der Waals surface area contributed by atoms with Crippen LogP contribution in [0, 0.1) is 3.95 Å². The van der Waals surface area contributed by atoms with Gasteiger partial charge in [-0.3, -0.25) is 0 Å². The summed E-state index contributed by atoms with van der Waals surface area (Å²) in [6, 6.07) is 5.54. The highest BCUT2D eigenvalue weighted by atomic mass is 32.1. The molecule has 0 saturated carbocycles. The van der Waals surface area contributed by atoms with Gasteiger partial charge in [0.25, 0.3) is 0 Å². The maximum absolute atomic E-state index is 5.53. The quantitative estimate of drug-likeness (QED) is 0.352. The van der Waals surface area contributed by atoms with E-state index in [4.69, 9.17) is 29.4 Å². The van der Waals surface area contributed by atoms with Crippen molar-refractivity contribution < 1.29 is 0 Å². The minimum atomic E-state index is -0.121. The van der Waals surface area contributed by atoms with Crippen molar-refractivity contribution in [3.8, 4) is 0 Å². The van der Waals surface area contributed by atoms with Crippen LogP contribution >= 0.6 is 23.6 Å². The number of aromatic amines is 1. The lowest BCUT2D eigenvalue weighted by molar-refractivity contribution is 1.38. The van der Waals surface area contributed by atoms with Crippen molar-refractivity contribution in [2.45, 2.75) is 0 Å². The molecule has 2 aromatic rings. The first kappa shape index (κ1) is 11.6. The van der Waals surface area contributed by atoms with Crippen LogP contribution in [0.3, 0.4) is 0 Å². The van der Waals surface area contributed by atoms with E-state index in [-0.39, 0.29) is 11.9 Å². The third-order valence-electron chi connectivity index (χ3n) is 1.89. The molecule has 2 rings (SSSR count). The number of hydrogen-bond donors (Lipinski definition) is 4. The van der Waals surface area contributed by atoms with Crippen LogP contribution in [0.2, 0.25) is 0 Å². The lowest BCUT2D eigenvalue weighted by Crippen LogP contribution is -2.26. The summed E-state index contributed by atoms with van der Waals surface area (Å²) >= 11 is 6.52. The van der Waals surface area contributed by atoms with E-state index in [0.717, 1.165) is 14.2 Å². The van der Waals surface area contributed by atoms with E-state index in [1.807, 2.05) is 12.1 Å². The van der Waals surface area contributed by atoms with Crippen LogP contribution in [0.15, 0.2) is 28.2 Å². The third kappa shape index (κ3) is 2.80. The number of rotatable bonds is 1. The molecule has 0 amide bonds. The zero-order valence-corrected chi connectivity index (χ0v) is 10.3. The molecule has 17 heavy (non-hydrogen) atoms. The molecule has 0 aliphatic carbocycles. The van der Waals surface area contributed by atoms with Crippen molar-refractivity contribution in [3.63, 3.8) is 0 Å². The molecule has 1 aromatic heterocycles. The zero-order chi connectivity index (χ0) is 12.4. The number of nitrogens with one attached hydrogen (secondary N) is 1. The molecule has 8 heteroatoms. The number of thiazole rings is 1. The predicted octanol–water partition coefficient (Wildman–Crippen LogP) is 1.18. The number of hydrogen-bond acceptors (Lipinski definition) is 3. The average molecular weight is 266 g/mol. The van der Waals surface area contributed by atoms with Crippen molar-refractivity contribution in [3.05, 3.63) is 22.2 Å². The van der Waals surface area contributed by atoms with Gasteiger partial charge >= 0.3 is 0 Å². The highest BCUT2D eigenvalue weighted by Crippen LogP contribution is 2.24. The standard InChI is InChI=1S/C9H10N6S2/c10-7(11)15-8(12)13-4-1-2-5-6(3-4)17-9(16)14-5/h1-3H,(H,14,16)(H6,10,11,12,13,15). The van der Waals surface area contributed by atoms with Crippen molar-refractivity contribution in [2.75, 3.05) is 0 Å². The van der Waals surface area contributed by atoms with E-state index in [9.17, 15) is 0 Å². The second-order valence-corrected chi connectivity index (χ2v) is 4.92. The summed E-state index contributed by atoms with van der Waals surface area (Å²) in [7, 11) is 0. The average Bonchev–Trinajstić information content (AvgIpc) is 2.55. The number of guanidine groups is 2. The third-order valence-corrected chi connectivity index (χ3v) is 3.09. The maximum Gasteiger partial charge on any atom is 0.223 e. The minimum absolute atomic E-state index is 0.0171. The molecule has 0 atom stereocenters. The molecular weight excluding hydrogens is 256 g/mol.